The van der Waals surface area contributed by atoms with Gasteiger partial charge in [0, 0.05) is 6.20 Å². The smallest absolute Gasteiger partial charge is 0.258 e. The number of benzene rings is 1. The van der Waals surface area contributed by atoms with Gasteiger partial charge in [-0.1, -0.05) is 12.0 Å². The molecule has 0 unspecified atom stereocenters. The van der Waals surface area contributed by atoms with E-state index in [1.807, 2.05) is 39.0 Å². The molecule has 1 aliphatic carbocycles. The molecule has 0 aliphatic heterocycles. The number of pyridine rings is 1. The van der Waals surface area contributed by atoms with E-state index in [9.17, 15) is 10.1 Å². The molecule has 0 N–H and O–H groups in total. The molecule has 1 fully saturated rings. The Hall–Kier alpha value is -3.11. The molecule has 0 spiro atoms. The lowest BCUT2D eigenvalue weighted by atomic mass is 9.99. The molecule has 3 rings (SSSR count). The zero-order chi connectivity index (χ0) is 18.8. The van der Waals surface area contributed by atoms with Crippen LogP contribution in [-0.4, -0.2) is 10.9 Å². The summed E-state index contributed by atoms with van der Waals surface area (Å²) in [5.74, 6) is 6.02. The molecule has 0 saturated heterocycles. The Balaban J connectivity index is 2.25. The number of nitriles is 1. The van der Waals surface area contributed by atoms with Crippen molar-refractivity contribution >= 4 is 17.4 Å². The average molecular weight is 343 g/mol. The third kappa shape index (κ3) is 3.32. The van der Waals surface area contributed by atoms with Crippen LogP contribution in [0.25, 0.3) is 0 Å². The van der Waals surface area contributed by atoms with Crippen LogP contribution in [0.4, 0.5) is 11.5 Å². The van der Waals surface area contributed by atoms with E-state index in [4.69, 9.17) is 0 Å². The van der Waals surface area contributed by atoms with E-state index in [-0.39, 0.29) is 5.91 Å². The number of aromatic nitrogens is 1. The van der Waals surface area contributed by atoms with Crippen LogP contribution in [-0.2, 0) is 4.79 Å². The van der Waals surface area contributed by atoms with Gasteiger partial charge >= 0.3 is 5.91 Å². The summed E-state index contributed by atoms with van der Waals surface area (Å²) in [4.78, 5) is 19.0. The van der Waals surface area contributed by atoms with Gasteiger partial charge in [-0.05, 0) is 86.8 Å². The van der Waals surface area contributed by atoms with Crippen LogP contribution in [0.1, 0.15) is 53.5 Å². The predicted molar refractivity (Wildman–Crippen MR) is 102 cm³/mol. The standard InChI is InChI=1S/C22H21N3O/c1-5-6-21(26)25(22-16(4)9-14(2)13-24-22)20-10-15(3)18(12-23)11-19(20)17-7-8-17/h9-11,13,17H,7-8H2,1-4H3. The largest absolute Gasteiger partial charge is 0.308 e. The average Bonchev–Trinajstić information content (AvgIpc) is 3.42. The summed E-state index contributed by atoms with van der Waals surface area (Å²) < 4.78 is 0. The molecule has 1 heterocycles. The van der Waals surface area contributed by atoms with Crippen LogP contribution in [0.2, 0.25) is 0 Å². The lowest BCUT2D eigenvalue weighted by Gasteiger charge is -2.25. The lowest BCUT2D eigenvalue weighted by molar-refractivity contribution is -0.112. The highest BCUT2D eigenvalue weighted by Gasteiger charge is 2.31. The van der Waals surface area contributed by atoms with Crippen molar-refractivity contribution in [1.82, 2.24) is 4.98 Å². The molecule has 1 aromatic carbocycles. The highest BCUT2D eigenvalue weighted by atomic mass is 16.2. The summed E-state index contributed by atoms with van der Waals surface area (Å²) in [6.07, 6.45) is 3.90. The van der Waals surface area contributed by atoms with Crippen molar-refractivity contribution in [2.24, 2.45) is 0 Å². The summed E-state index contributed by atoms with van der Waals surface area (Å²) in [5, 5.41) is 9.39. The molecule has 1 saturated carbocycles. The predicted octanol–water partition coefficient (Wildman–Crippen LogP) is 4.44. The summed E-state index contributed by atoms with van der Waals surface area (Å²) >= 11 is 0. The second-order valence-corrected chi connectivity index (χ2v) is 6.78. The zero-order valence-electron chi connectivity index (χ0n) is 15.6. The molecule has 1 aliphatic rings. The second-order valence-electron chi connectivity index (χ2n) is 6.78. The molecule has 1 amide bonds. The Morgan fingerprint density at radius 1 is 1.19 bits per heavy atom. The molecule has 1 aromatic heterocycles. The highest BCUT2D eigenvalue weighted by molar-refractivity contribution is 6.11. The van der Waals surface area contributed by atoms with E-state index < -0.39 is 0 Å². The number of carbonyl (C=O) groups excluding carboxylic acids is 1. The number of rotatable bonds is 3. The molecule has 4 heteroatoms. The number of aryl methyl sites for hydroxylation is 3. The van der Waals surface area contributed by atoms with Crippen molar-refractivity contribution in [3.63, 3.8) is 0 Å². The first-order valence-electron chi connectivity index (χ1n) is 8.71. The Bertz CT molecular complexity index is 985. The normalized spacial score (nSPS) is 12.7. The maximum atomic E-state index is 12.9. The van der Waals surface area contributed by atoms with E-state index in [0.717, 1.165) is 40.8 Å². The Morgan fingerprint density at radius 2 is 1.92 bits per heavy atom. The van der Waals surface area contributed by atoms with Crippen molar-refractivity contribution in [3.8, 4) is 17.9 Å². The maximum Gasteiger partial charge on any atom is 0.308 e. The number of hydrogen-bond donors (Lipinski definition) is 0. The van der Waals surface area contributed by atoms with Gasteiger partial charge in [0.2, 0.25) is 0 Å². The molecule has 2 aromatic rings. The first kappa shape index (κ1) is 17.7. The fourth-order valence-corrected chi connectivity index (χ4v) is 3.17. The SMILES string of the molecule is CC#CC(=O)N(c1cc(C)c(C#N)cc1C1CC1)c1ncc(C)cc1C. The molecule has 4 nitrogen and oxygen atoms in total. The van der Waals surface area contributed by atoms with E-state index in [2.05, 4.69) is 22.9 Å². The third-order valence-corrected chi connectivity index (χ3v) is 4.59. The summed E-state index contributed by atoms with van der Waals surface area (Å²) in [7, 11) is 0. The van der Waals surface area contributed by atoms with Crippen LogP contribution < -0.4 is 4.90 Å². The van der Waals surface area contributed by atoms with E-state index >= 15 is 0 Å². The topological polar surface area (TPSA) is 57.0 Å². The summed E-state index contributed by atoms with van der Waals surface area (Å²) in [5.41, 5.74) is 5.27. The molecular formula is C22H21N3O. The van der Waals surface area contributed by atoms with Gasteiger partial charge in [-0.25, -0.2) is 4.98 Å². The fraction of sp³-hybridized carbons (Fsp3) is 0.318. The van der Waals surface area contributed by atoms with E-state index in [1.54, 1.807) is 18.0 Å². The van der Waals surface area contributed by atoms with Crippen molar-refractivity contribution in [3.05, 3.63) is 52.2 Å². The molecule has 26 heavy (non-hydrogen) atoms. The van der Waals surface area contributed by atoms with Gasteiger partial charge in [0.1, 0.15) is 5.82 Å². The fourth-order valence-electron chi connectivity index (χ4n) is 3.17. The van der Waals surface area contributed by atoms with Gasteiger partial charge in [0.05, 0.1) is 17.3 Å². The first-order chi connectivity index (χ1) is 12.5. The minimum Gasteiger partial charge on any atom is -0.258 e. The zero-order valence-corrected chi connectivity index (χ0v) is 15.6. The van der Waals surface area contributed by atoms with Crippen molar-refractivity contribution < 1.29 is 4.79 Å². The maximum absolute atomic E-state index is 12.9. The van der Waals surface area contributed by atoms with Gasteiger partial charge in [0.25, 0.3) is 0 Å². The van der Waals surface area contributed by atoms with E-state index in [1.165, 1.54) is 0 Å². The van der Waals surface area contributed by atoms with Gasteiger partial charge < -0.3 is 0 Å². The number of carbonyl (C=O) groups is 1. The van der Waals surface area contributed by atoms with Crippen LogP contribution in [0, 0.1) is 43.9 Å². The number of anilines is 2. The minimum absolute atomic E-state index is 0.307. The van der Waals surface area contributed by atoms with Crippen LogP contribution in [0.5, 0.6) is 0 Å². The highest BCUT2D eigenvalue weighted by Crippen LogP contribution is 2.46. The Morgan fingerprint density at radius 3 is 2.50 bits per heavy atom. The Kier molecular flexibility index (Phi) is 4.78. The summed E-state index contributed by atoms with van der Waals surface area (Å²) in [6, 6.07) is 8.10. The number of nitrogens with zero attached hydrogens (tertiary/aromatic N) is 3. The van der Waals surface area contributed by atoms with Gasteiger partial charge in [-0.15, -0.1) is 0 Å². The molecule has 130 valence electrons. The van der Waals surface area contributed by atoms with Crippen LogP contribution in [0.3, 0.4) is 0 Å². The lowest BCUT2D eigenvalue weighted by Crippen LogP contribution is -2.27. The van der Waals surface area contributed by atoms with Crippen LogP contribution in [0.15, 0.2) is 24.4 Å². The quantitative estimate of drug-likeness (QED) is 0.774. The third-order valence-electron chi connectivity index (χ3n) is 4.59. The number of hydrogen-bond acceptors (Lipinski definition) is 3. The first-order valence-corrected chi connectivity index (χ1v) is 8.71. The van der Waals surface area contributed by atoms with Crippen molar-refractivity contribution in [2.75, 3.05) is 4.90 Å². The minimum atomic E-state index is -0.307. The molecule has 0 atom stereocenters. The second kappa shape index (κ2) is 7.02. The summed E-state index contributed by atoms with van der Waals surface area (Å²) in [6.45, 7) is 7.46. The molecular weight excluding hydrogens is 322 g/mol. The van der Waals surface area contributed by atoms with E-state index in [0.29, 0.717) is 17.3 Å². The molecule has 0 radical (unpaired) electrons. The molecule has 0 bridgehead atoms. The van der Waals surface area contributed by atoms with Gasteiger partial charge in [0.15, 0.2) is 0 Å². The Labute approximate surface area is 154 Å². The van der Waals surface area contributed by atoms with Crippen LogP contribution >= 0.6 is 0 Å². The monoisotopic (exact) mass is 343 g/mol. The van der Waals surface area contributed by atoms with Gasteiger partial charge in [-0.3, -0.25) is 9.69 Å². The van der Waals surface area contributed by atoms with Crippen molar-refractivity contribution in [1.29, 1.82) is 5.26 Å². The van der Waals surface area contributed by atoms with Gasteiger partial charge in [-0.2, -0.15) is 5.26 Å². The van der Waals surface area contributed by atoms with Crippen molar-refractivity contribution in [2.45, 2.75) is 46.5 Å². The number of amides is 1.